The lowest BCUT2D eigenvalue weighted by Crippen LogP contribution is -2.09. The minimum absolute atomic E-state index is 0.0509. The zero-order chi connectivity index (χ0) is 20.3. The van der Waals surface area contributed by atoms with Gasteiger partial charge < -0.3 is 4.74 Å². The second-order valence-corrected chi connectivity index (χ2v) is 7.88. The van der Waals surface area contributed by atoms with E-state index in [4.69, 9.17) is 4.74 Å². The van der Waals surface area contributed by atoms with E-state index in [2.05, 4.69) is 4.72 Å². The summed E-state index contributed by atoms with van der Waals surface area (Å²) in [5.41, 5.74) is 1.49. The van der Waals surface area contributed by atoms with Crippen molar-refractivity contribution in [3.05, 3.63) is 83.7 Å². The van der Waals surface area contributed by atoms with Gasteiger partial charge in [-0.15, -0.1) is 0 Å². The highest BCUT2D eigenvalue weighted by atomic mass is 32.2. The quantitative estimate of drug-likeness (QED) is 0.602. The van der Waals surface area contributed by atoms with Crippen LogP contribution in [-0.2, 0) is 16.6 Å². The Bertz CT molecular complexity index is 1100. The van der Waals surface area contributed by atoms with Gasteiger partial charge in [-0.3, -0.25) is 4.72 Å². The summed E-state index contributed by atoms with van der Waals surface area (Å²) >= 11 is 0. The van der Waals surface area contributed by atoms with Gasteiger partial charge in [0.15, 0.2) is 11.6 Å². The van der Waals surface area contributed by atoms with Gasteiger partial charge in [0, 0.05) is 17.3 Å². The van der Waals surface area contributed by atoms with Crippen LogP contribution in [0.2, 0.25) is 0 Å². The number of benzene rings is 3. The van der Waals surface area contributed by atoms with Crippen LogP contribution in [0.5, 0.6) is 5.75 Å². The minimum Gasteiger partial charge on any atom is -0.489 e. The summed E-state index contributed by atoms with van der Waals surface area (Å²) < 4.78 is 70.9. The largest absolute Gasteiger partial charge is 0.489 e. The third-order valence-corrected chi connectivity index (χ3v) is 4.42. The number of hydrogen-bond donors (Lipinski definition) is 1. The Balaban J connectivity index is 1.70. The molecule has 146 valence electrons. The van der Waals surface area contributed by atoms with Gasteiger partial charge in [-0.1, -0.05) is 24.3 Å². The molecule has 4 nitrogen and oxygen atoms in total. The lowest BCUT2D eigenvalue weighted by atomic mass is 10.0. The third-order valence-electron chi connectivity index (χ3n) is 3.81. The van der Waals surface area contributed by atoms with Crippen molar-refractivity contribution < 1.29 is 26.3 Å². The average Bonchev–Trinajstić information content (AvgIpc) is 2.62. The van der Waals surface area contributed by atoms with Crippen molar-refractivity contribution >= 4 is 15.7 Å². The molecule has 0 fully saturated rings. The van der Waals surface area contributed by atoms with Crippen molar-refractivity contribution in [1.82, 2.24) is 0 Å². The maximum absolute atomic E-state index is 13.9. The van der Waals surface area contributed by atoms with Crippen molar-refractivity contribution in [2.24, 2.45) is 0 Å². The number of halogens is 3. The van der Waals surface area contributed by atoms with E-state index in [1.807, 2.05) is 0 Å². The van der Waals surface area contributed by atoms with Crippen LogP contribution < -0.4 is 9.46 Å². The van der Waals surface area contributed by atoms with Crippen LogP contribution in [0.15, 0.2) is 60.7 Å². The Morgan fingerprint density at radius 3 is 2.25 bits per heavy atom. The first-order valence-corrected chi connectivity index (χ1v) is 10.0. The SMILES string of the molecule is CS(=O)(=O)Nc1cccc(COc2ccc(-c3cc(F)c(F)cc3F)cc2)c1. The fourth-order valence-corrected chi connectivity index (χ4v) is 3.13. The van der Waals surface area contributed by atoms with Crippen LogP contribution in [0.1, 0.15) is 5.56 Å². The van der Waals surface area contributed by atoms with E-state index < -0.39 is 27.5 Å². The van der Waals surface area contributed by atoms with Crippen molar-refractivity contribution in [2.75, 3.05) is 11.0 Å². The molecular weight excluding hydrogens is 391 g/mol. The molecule has 0 amide bonds. The second-order valence-electron chi connectivity index (χ2n) is 6.13. The van der Waals surface area contributed by atoms with Gasteiger partial charge >= 0.3 is 0 Å². The number of sulfonamides is 1. The number of ether oxygens (including phenoxy) is 1. The smallest absolute Gasteiger partial charge is 0.229 e. The first kappa shape index (κ1) is 19.8. The molecule has 0 aliphatic carbocycles. The molecule has 3 rings (SSSR count). The summed E-state index contributed by atoms with van der Waals surface area (Å²) in [7, 11) is -3.37. The molecule has 0 atom stereocenters. The number of hydrogen-bond acceptors (Lipinski definition) is 3. The predicted molar refractivity (Wildman–Crippen MR) is 101 cm³/mol. The van der Waals surface area contributed by atoms with Crippen LogP contribution in [-0.4, -0.2) is 14.7 Å². The molecule has 28 heavy (non-hydrogen) atoms. The van der Waals surface area contributed by atoms with Crippen LogP contribution >= 0.6 is 0 Å². The molecule has 0 saturated heterocycles. The Hall–Kier alpha value is -3.00. The first-order valence-electron chi connectivity index (χ1n) is 8.16. The standard InChI is InChI=1S/C20H16F3NO3S/c1-28(25,26)24-15-4-2-3-13(9-15)12-27-16-7-5-14(6-8-16)17-10-19(22)20(23)11-18(17)21/h2-11,24H,12H2,1H3. The molecule has 3 aromatic rings. The Morgan fingerprint density at radius 1 is 0.893 bits per heavy atom. The molecule has 0 aliphatic rings. The van der Waals surface area contributed by atoms with Gasteiger partial charge in [0.05, 0.1) is 6.26 Å². The lowest BCUT2D eigenvalue weighted by molar-refractivity contribution is 0.306. The number of rotatable bonds is 6. The molecule has 0 saturated carbocycles. The summed E-state index contributed by atoms with van der Waals surface area (Å²) in [6.07, 6.45) is 1.06. The van der Waals surface area contributed by atoms with Gasteiger partial charge in [0.25, 0.3) is 0 Å². The van der Waals surface area contributed by atoms with Gasteiger partial charge in [0.2, 0.25) is 10.0 Å². The second kappa shape index (κ2) is 7.93. The van der Waals surface area contributed by atoms with Crippen molar-refractivity contribution in [2.45, 2.75) is 6.61 Å². The molecular formula is C20H16F3NO3S. The van der Waals surface area contributed by atoms with Gasteiger partial charge in [-0.2, -0.15) is 0 Å². The zero-order valence-corrected chi connectivity index (χ0v) is 15.6. The lowest BCUT2D eigenvalue weighted by Gasteiger charge is -2.10. The van der Waals surface area contributed by atoms with E-state index in [1.165, 1.54) is 12.1 Å². The fourth-order valence-electron chi connectivity index (χ4n) is 2.58. The highest BCUT2D eigenvalue weighted by Crippen LogP contribution is 2.27. The molecule has 0 bridgehead atoms. The molecule has 8 heteroatoms. The minimum atomic E-state index is -3.37. The van der Waals surface area contributed by atoms with Gasteiger partial charge in [0.1, 0.15) is 18.2 Å². The molecule has 0 aliphatic heterocycles. The average molecular weight is 407 g/mol. The summed E-state index contributed by atoms with van der Waals surface area (Å²) in [5, 5.41) is 0. The van der Waals surface area contributed by atoms with E-state index in [9.17, 15) is 21.6 Å². The molecule has 0 unspecified atom stereocenters. The first-order chi connectivity index (χ1) is 13.2. The van der Waals surface area contributed by atoms with E-state index in [0.29, 0.717) is 23.1 Å². The monoisotopic (exact) mass is 407 g/mol. The normalized spacial score (nSPS) is 11.3. The fraction of sp³-hybridized carbons (Fsp3) is 0.100. The third kappa shape index (κ3) is 5.04. The molecule has 0 spiro atoms. The van der Waals surface area contributed by atoms with Crippen LogP contribution in [0.3, 0.4) is 0 Å². The van der Waals surface area contributed by atoms with Crippen LogP contribution in [0, 0.1) is 17.5 Å². The molecule has 1 N–H and O–H groups in total. The number of anilines is 1. The molecule has 0 radical (unpaired) electrons. The molecule has 3 aromatic carbocycles. The number of nitrogens with one attached hydrogen (secondary N) is 1. The Labute approximate surface area is 160 Å². The van der Waals surface area contributed by atoms with Gasteiger partial charge in [-0.05, 0) is 41.5 Å². The zero-order valence-electron chi connectivity index (χ0n) is 14.7. The van der Waals surface area contributed by atoms with E-state index in [1.54, 1.807) is 36.4 Å². The maximum atomic E-state index is 13.9. The predicted octanol–water partition coefficient (Wildman–Crippen LogP) is 4.72. The van der Waals surface area contributed by atoms with Gasteiger partial charge in [-0.25, -0.2) is 21.6 Å². The highest BCUT2D eigenvalue weighted by molar-refractivity contribution is 7.92. The molecule has 0 aromatic heterocycles. The van der Waals surface area contributed by atoms with E-state index in [0.717, 1.165) is 17.9 Å². The highest BCUT2D eigenvalue weighted by Gasteiger charge is 2.11. The summed E-state index contributed by atoms with van der Waals surface area (Å²) in [6, 6.07) is 14.3. The van der Waals surface area contributed by atoms with E-state index in [-0.39, 0.29) is 12.2 Å². The maximum Gasteiger partial charge on any atom is 0.229 e. The topological polar surface area (TPSA) is 55.4 Å². The summed E-state index contributed by atoms with van der Waals surface area (Å²) in [5.74, 6) is -2.75. The van der Waals surface area contributed by atoms with Crippen LogP contribution in [0.25, 0.3) is 11.1 Å². The van der Waals surface area contributed by atoms with Crippen molar-refractivity contribution in [3.63, 3.8) is 0 Å². The van der Waals surface area contributed by atoms with Crippen LogP contribution in [0.4, 0.5) is 18.9 Å². The Morgan fingerprint density at radius 2 is 1.57 bits per heavy atom. The Kier molecular flexibility index (Phi) is 5.60. The van der Waals surface area contributed by atoms with E-state index >= 15 is 0 Å². The van der Waals surface area contributed by atoms with Crippen molar-refractivity contribution in [1.29, 1.82) is 0 Å². The molecule has 0 heterocycles. The van der Waals surface area contributed by atoms with Crippen molar-refractivity contribution in [3.8, 4) is 16.9 Å². The summed E-state index contributed by atoms with van der Waals surface area (Å²) in [6.45, 7) is 0.179. The summed E-state index contributed by atoms with van der Waals surface area (Å²) in [4.78, 5) is 0.